The first-order valence-corrected chi connectivity index (χ1v) is 9.04. The molecular formula is C10H15O4PS. The third kappa shape index (κ3) is 3.35. The predicted molar refractivity (Wildman–Crippen MR) is 65.9 cm³/mol. The van der Waals surface area contributed by atoms with Gasteiger partial charge in [0.05, 0.1) is 12.4 Å². The van der Waals surface area contributed by atoms with E-state index in [4.69, 9.17) is 4.74 Å². The van der Waals surface area contributed by atoms with E-state index in [1.165, 1.54) is 13.8 Å². The minimum absolute atomic E-state index is 0.333. The van der Waals surface area contributed by atoms with Gasteiger partial charge >= 0.3 is 0 Å². The van der Waals surface area contributed by atoms with Crippen LogP contribution in [0.5, 0.6) is 5.75 Å². The highest BCUT2D eigenvalue weighted by atomic mass is 32.2. The van der Waals surface area contributed by atoms with E-state index in [0.29, 0.717) is 11.1 Å². The van der Waals surface area contributed by atoms with Gasteiger partial charge in [0.2, 0.25) is 0 Å². The van der Waals surface area contributed by atoms with Crippen LogP contribution >= 0.6 is 7.14 Å². The fraction of sp³-hybridized carbons (Fsp3) is 0.400. The molecule has 1 unspecified atom stereocenters. The van der Waals surface area contributed by atoms with Crippen molar-refractivity contribution in [1.82, 2.24) is 0 Å². The number of rotatable bonds is 4. The van der Waals surface area contributed by atoms with Crippen LogP contribution in [0.15, 0.2) is 24.3 Å². The molecule has 1 aromatic rings. The summed E-state index contributed by atoms with van der Waals surface area (Å²) in [4.78, 5) is 0. The molecule has 0 bridgehead atoms. The van der Waals surface area contributed by atoms with E-state index < -0.39 is 17.0 Å². The van der Waals surface area contributed by atoms with Crippen LogP contribution in [-0.4, -0.2) is 33.9 Å². The van der Waals surface area contributed by atoms with Gasteiger partial charge in [-0.15, -0.1) is 0 Å². The first-order valence-electron chi connectivity index (χ1n) is 4.64. The fourth-order valence-electron chi connectivity index (χ4n) is 1.54. The lowest BCUT2D eigenvalue weighted by molar-refractivity contribution is 0.418. The van der Waals surface area contributed by atoms with Crippen molar-refractivity contribution in [1.29, 1.82) is 0 Å². The standard InChI is InChI=1S/C10H15O4PS/c1-14-9-6-4-5-7-10(9)15(2,11)8-16(3,12)13/h4-7H,8H2,1-3H3. The summed E-state index contributed by atoms with van der Waals surface area (Å²) in [7, 11) is -4.74. The molecule has 1 rings (SSSR count). The monoisotopic (exact) mass is 262 g/mol. The van der Waals surface area contributed by atoms with Gasteiger partial charge in [-0.25, -0.2) is 8.42 Å². The summed E-state index contributed by atoms with van der Waals surface area (Å²) in [5.74, 6) is 0.469. The highest BCUT2D eigenvalue weighted by molar-refractivity contribution is 7.99. The zero-order chi connectivity index (χ0) is 12.4. The summed E-state index contributed by atoms with van der Waals surface area (Å²) in [5, 5.41) is 0.475. The average Bonchev–Trinajstić information content (AvgIpc) is 2.14. The van der Waals surface area contributed by atoms with Crippen LogP contribution in [0.3, 0.4) is 0 Å². The third-order valence-electron chi connectivity index (χ3n) is 2.08. The molecule has 90 valence electrons. The van der Waals surface area contributed by atoms with Crippen molar-refractivity contribution >= 4 is 22.3 Å². The van der Waals surface area contributed by atoms with Gasteiger partial charge in [0.25, 0.3) is 0 Å². The molecule has 0 fully saturated rings. The molecule has 16 heavy (non-hydrogen) atoms. The van der Waals surface area contributed by atoms with E-state index >= 15 is 0 Å². The number of ether oxygens (including phenoxy) is 1. The molecule has 0 radical (unpaired) electrons. The number of sulfone groups is 1. The fourth-order valence-corrected chi connectivity index (χ4v) is 6.71. The van der Waals surface area contributed by atoms with Crippen molar-refractivity contribution in [2.75, 3.05) is 25.5 Å². The molecule has 0 aliphatic carbocycles. The minimum atomic E-state index is -3.27. The number of hydrogen-bond acceptors (Lipinski definition) is 4. The lowest BCUT2D eigenvalue weighted by atomic mass is 10.3. The van der Waals surface area contributed by atoms with E-state index in [-0.39, 0.29) is 5.49 Å². The second-order valence-electron chi connectivity index (χ2n) is 3.83. The molecule has 0 heterocycles. The molecule has 0 amide bonds. The Hall–Kier alpha value is -0.800. The van der Waals surface area contributed by atoms with Gasteiger partial charge in [-0.2, -0.15) is 0 Å². The average molecular weight is 262 g/mol. The van der Waals surface area contributed by atoms with Gasteiger partial charge in [-0.3, -0.25) is 0 Å². The van der Waals surface area contributed by atoms with E-state index in [1.54, 1.807) is 24.3 Å². The second-order valence-corrected chi connectivity index (χ2v) is 9.40. The van der Waals surface area contributed by atoms with Gasteiger partial charge in [-0.05, 0) is 18.8 Å². The van der Waals surface area contributed by atoms with Crippen LogP contribution in [0.2, 0.25) is 0 Å². The molecule has 0 aliphatic heterocycles. The third-order valence-corrected chi connectivity index (χ3v) is 7.31. The molecule has 0 N–H and O–H groups in total. The number of benzene rings is 1. The zero-order valence-electron chi connectivity index (χ0n) is 9.50. The lowest BCUT2D eigenvalue weighted by Crippen LogP contribution is -2.14. The van der Waals surface area contributed by atoms with Crippen LogP contribution in [0.25, 0.3) is 0 Å². The Morgan fingerprint density at radius 1 is 1.31 bits per heavy atom. The van der Waals surface area contributed by atoms with Crippen LogP contribution < -0.4 is 10.0 Å². The second kappa shape index (κ2) is 4.60. The Balaban J connectivity index is 3.22. The predicted octanol–water partition coefficient (Wildman–Crippen LogP) is 1.32. The first-order chi connectivity index (χ1) is 7.26. The minimum Gasteiger partial charge on any atom is -0.496 e. The molecule has 4 nitrogen and oxygen atoms in total. The van der Waals surface area contributed by atoms with Crippen molar-refractivity contribution in [2.24, 2.45) is 0 Å². The Labute approximate surface area is 95.9 Å². The van der Waals surface area contributed by atoms with Crippen molar-refractivity contribution in [2.45, 2.75) is 0 Å². The smallest absolute Gasteiger partial charge is 0.154 e. The van der Waals surface area contributed by atoms with Crippen molar-refractivity contribution in [3.05, 3.63) is 24.3 Å². The SMILES string of the molecule is COc1ccccc1P(C)(=O)CS(C)(=O)=O. The molecule has 0 saturated heterocycles. The Morgan fingerprint density at radius 2 is 1.88 bits per heavy atom. The molecule has 0 saturated carbocycles. The normalized spacial score (nSPS) is 15.4. The summed E-state index contributed by atoms with van der Waals surface area (Å²) in [6.45, 7) is 1.46. The molecule has 0 aromatic heterocycles. The summed E-state index contributed by atoms with van der Waals surface area (Å²) >= 11 is 0. The van der Waals surface area contributed by atoms with Crippen molar-refractivity contribution in [3.8, 4) is 5.75 Å². The highest BCUT2D eigenvalue weighted by Crippen LogP contribution is 2.43. The van der Waals surface area contributed by atoms with Crippen LogP contribution in [0.1, 0.15) is 0 Å². The van der Waals surface area contributed by atoms with Gasteiger partial charge in [-0.1, -0.05) is 12.1 Å². The molecular weight excluding hydrogens is 247 g/mol. The summed E-state index contributed by atoms with van der Waals surface area (Å²) < 4.78 is 39.8. The molecule has 0 spiro atoms. The maximum absolute atomic E-state index is 12.4. The largest absolute Gasteiger partial charge is 0.496 e. The Morgan fingerprint density at radius 3 is 2.38 bits per heavy atom. The van der Waals surface area contributed by atoms with Crippen LogP contribution in [0, 0.1) is 0 Å². The topological polar surface area (TPSA) is 60.4 Å². The van der Waals surface area contributed by atoms with E-state index in [9.17, 15) is 13.0 Å². The Bertz CT molecular complexity index is 521. The van der Waals surface area contributed by atoms with Gasteiger partial charge in [0.1, 0.15) is 18.4 Å². The van der Waals surface area contributed by atoms with Crippen LogP contribution in [-0.2, 0) is 14.4 Å². The summed E-state index contributed by atoms with van der Waals surface area (Å²) in [5.41, 5.74) is -0.333. The lowest BCUT2D eigenvalue weighted by Gasteiger charge is -2.15. The molecule has 6 heteroatoms. The van der Waals surface area contributed by atoms with Gasteiger partial charge in [0.15, 0.2) is 9.84 Å². The number of hydrogen-bond donors (Lipinski definition) is 0. The Kier molecular flexibility index (Phi) is 3.81. The van der Waals surface area contributed by atoms with Gasteiger partial charge < -0.3 is 9.30 Å². The zero-order valence-corrected chi connectivity index (χ0v) is 11.2. The summed E-state index contributed by atoms with van der Waals surface area (Å²) in [6.07, 6.45) is 1.08. The molecule has 1 aromatic carbocycles. The maximum atomic E-state index is 12.4. The van der Waals surface area contributed by atoms with Crippen LogP contribution in [0.4, 0.5) is 0 Å². The van der Waals surface area contributed by atoms with E-state index in [2.05, 4.69) is 0 Å². The van der Waals surface area contributed by atoms with E-state index in [1.807, 2.05) is 0 Å². The maximum Gasteiger partial charge on any atom is 0.154 e. The first kappa shape index (κ1) is 13.3. The van der Waals surface area contributed by atoms with Crippen molar-refractivity contribution < 1.29 is 17.7 Å². The highest BCUT2D eigenvalue weighted by Gasteiger charge is 2.26. The van der Waals surface area contributed by atoms with Gasteiger partial charge in [0, 0.05) is 6.26 Å². The van der Waals surface area contributed by atoms with Crippen molar-refractivity contribution in [3.63, 3.8) is 0 Å². The number of para-hydroxylation sites is 1. The molecule has 1 atom stereocenters. The van der Waals surface area contributed by atoms with E-state index in [0.717, 1.165) is 6.26 Å². The quantitative estimate of drug-likeness (QED) is 0.768. The summed E-state index contributed by atoms with van der Waals surface area (Å²) in [6, 6.07) is 6.79. The molecule has 0 aliphatic rings. The number of methoxy groups -OCH3 is 1.